The molecular weight excluding hydrogens is 383 g/mol. The molecule has 0 aliphatic carbocycles. The molecule has 0 aliphatic rings. The molecule has 4 rings (SSSR count). The van der Waals surface area contributed by atoms with Crippen molar-refractivity contribution in [1.82, 2.24) is 29.6 Å². The van der Waals surface area contributed by atoms with Gasteiger partial charge in [0.2, 0.25) is 0 Å². The zero-order valence-corrected chi connectivity index (χ0v) is 17.3. The smallest absolute Gasteiger partial charge is 0.253 e. The highest BCUT2D eigenvalue weighted by atomic mass is 19.1. The van der Waals surface area contributed by atoms with Crippen LogP contribution in [0.25, 0.3) is 16.7 Å². The number of hydrogen-bond donors (Lipinski definition) is 1. The third kappa shape index (κ3) is 3.56. The Balaban J connectivity index is 1.52. The summed E-state index contributed by atoms with van der Waals surface area (Å²) < 4.78 is 18.1. The maximum Gasteiger partial charge on any atom is 0.253 e. The van der Waals surface area contributed by atoms with E-state index in [0.717, 1.165) is 11.0 Å². The molecule has 1 N–H and O–H groups in total. The number of fused-ring (bicyclic) bond motifs is 1. The third-order valence-electron chi connectivity index (χ3n) is 5.04. The second-order valence-electron chi connectivity index (χ2n) is 7.53. The predicted molar refractivity (Wildman–Crippen MR) is 112 cm³/mol. The van der Waals surface area contributed by atoms with Crippen molar-refractivity contribution >= 4 is 16.9 Å². The van der Waals surface area contributed by atoms with Gasteiger partial charge in [-0.3, -0.25) is 4.79 Å². The lowest BCUT2D eigenvalue weighted by molar-refractivity contribution is 0.0950. The number of rotatable bonds is 5. The van der Waals surface area contributed by atoms with E-state index >= 15 is 0 Å². The summed E-state index contributed by atoms with van der Waals surface area (Å²) >= 11 is 0. The lowest BCUT2D eigenvalue weighted by Gasteiger charge is -2.11. The lowest BCUT2D eigenvalue weighted by atomic mass is 10.1. The molecule has 0 unspecified atom stereocenters. The largest absolute Gasteiger partial charge is 0.348 e. The number of carbonyl (C=O) groups excluding carboxylic acids is 1. The van der Waals surface area contributed by atoms with E-state index in [1.165, 1.54) is 6.07 Å². The number of aromatic nitrogens is 5. The van der Waals surface area contributed by atoms with Gasteiger partial charge in [-0.15, -0.1) is 0 Å². The van der Waals surface area contributed by atoms with Crippen molar-refractivity contribution in [2.75, 3.05) is 0 Å². The number of aryl methyl sites for hydroxylation is 2. The number of benzene rings is 1. The van der Waals surface area contributed by atoms with Gasteiger partial charge >= 0.3 is 0 Å². The van der Waals surface area contributed by atoms with Crippen LogP contribution in [0.1, 0.15) is 47.3 Å². The molecule has 1 aromatic carbocycles. The Morgan fingerprint density at radius 1 is 1.23 bits per heavy atom. The van der Waals surface area contributed by atoms with Crippen LogP contribution in [-0.2, 0) is 6.54 Å². The first-order valence-electron chi connectivity index (χ1n) is 9.77. The van der Waals surface area contributed by atoms with Crippen LogP contribution in [0.3, 0.4) is 0 Å². The Hall–Kier alpha value is -3.55. The Morgan fingerprint density at radius 2 is 2.03 bits per heavy atom. The van der Waals surface area contributed by atoms with Gasteiger partial charge in [-0.25, -0.2) is 19.0 Å². The number of halogens is 1. The van der Waals surface area contributed by atoms with Crippen molar-refractivity contribution in [3.05, 3.63) is 71.3 Å². The first-order valence-corrected chi connectivity index (χ1v) is 9.77. The fraction of sp³-hybridized carbons (Fsp3) is 0.273. The molecule has 7 nitrogen and oxygen atoms in total. The Morgan fingerprint density at radius 3 is 2.70 bits per heavy atom. The number of nitrogens with one attached hydrogen (secondary N) is 1. The van der Waals surface area contributed by atoms with E-state index in [2.05, 4.69) is 20.4 Å². The van der Waals surface area contributed by atoms with Gasteiger partial charge in [-0.2, -0.15) is 5.10 Å². The zero-order chi connectivity index (χ0) is 21.4. The van der Waals surface area contributed by atoms with Gasteiger partial charge in [-0.1, -0.05) is 6.07 Å². The van der Waals surface area contributed by atoms with Gasteiger partial charge in [0.25, 0.3) is 5.91 Å². The van der Waals surface area contributed by atoms with E-state index in [1.807, 2.05) is 25.5 Å². The Labute approximate surface area is 173 Å². The highest BCUT2D eigenvalue weighted by Gasteiger charge is 2.15. The van der Waals surface area contributed by atoms with Gasteiger partial charge in [-0.05, 0) is 51.5 Å². The average Bonchev–Trinajstić information content (AvgIpc) is 3.31. The summed E-state index contributed by atoms with van der Waals surface area (Å²) in [5.74, 6) is 0.0754. The minimum atomic E-state index is -0.372. The first-order chi connectivity index (χ1) is 14.3. The summed E-state index contributed by atoms with van der Waals surface area (Å²) in [5, 5.41) is 8.01. The number of imidazole rings is 1. The van der Waals surface area contributed by atoms with Crippen LogP contribution in [0.2, 0.25) is 0 Å². The van der Waals surface area contributed by atoms with E-state index in [4.69, 9.17) is 0 Å². The van der Waals surface area contributed by atoms with E-state index < -0.39 is 0 Å². The summed E-state index contributed by atoms with van der Waals surface area (Å²) in [4.78, 5) is 21.4. The van der Waals surface area contributed by atoms with Crippen LogP contribution >= 0.6 is 0 Å². The monoisotopic (exact) mass is 406 g/mol. The van der Waals surface area contributed by atoms with Crippen molar-refractivity contribution in [2.24, 2.45) is 0 Å². The zero-order valence-electron chi connectivity index (χ0n) is 17.3. The van der Waals surface area contributed by atoms with Crippen molar-refractivity contribution in [1.29, 1.82) is 0 Å². The normalized spacial score (nSPS) is 11.4. The fourth-order valence-electron chi connectivity index (χ4n) is 3.44. The molecular formula is C22H23FN6O. The molecule has 3 heterocycles. The van der Waals surface area contributed by atoms with Gasteiger partial charge in [0.15, 0.2) is 5.65 Å². The molecule has 0 aliphatic heterocycles. The number of pyridine rings is 1. The maximum atomic E-state index is 14.6. The van der Waals surface area contributed by atoms with E-state index in [1.54, 1.807) is 48.3 Å². The summed E-state index contributed by atoms with van der Waals surface area (Å²) in [6.45, 7) is 7.88. The quantitative estimate of drug-likeness (QED) is 0.546. The molecule has 3 aromatic heterocycles. The van der Waals surface area contributed by atoms with Crippen molar-refractivity contribution in [2.45, 2.75) is 40.3 Å². The molecule has 154 valence electrons. The van der Waals surface area contributed by atoms with Crippen molar-refractivity contribution < 1.29 is 9.18 Å². The van der Waals surface area contributed by atoms with E-state index in [0.29, 0.717) is 28.3 Å². The summed E-state index contributed by atoms with van der Waals surface area (Å²) in [5.41, 5.74) is 2.96. The highest BCUT2D eigenvalue weighted by molar-refractivity contribution is 5.98. The second-order valence-corrected chi connectivity index (χ2v) is 7.53. The van der Waals surface area contributed by atoms with Crippen LogP contribution in [0.4, 0.5) is 4.39 Å². The molecule has 0 saturated carbocycles. The number of carbonyl (C=O) groups is 1. The summed E-state index contributed by atoms with van der Waals surface area (Å²) in [6.07, 6.45) is 5.05. The predicted octanol–water partition coefficient (Wildman–Crippen LogP) is 3.88. The molecule has 0 atom stereocenters. The van der Waals surface area contributed by atoms with Gasteiger partial charge in [0.1, 0.15) is 11.6 Å². The van der Waals surface area contributed by atoms with Gasteiger partial charge < -0.3 is 9.88 Å². The molecule has 0 bridgehead atoms. The van der Waals surface area contributed by atoms with E-state index in [9.17, 15) is 9.18 Å². The fourth-order valence-corrected chi connectivity index (χ4v) is 3.44. The van der Waals surface area contributed by atoms with E-state index in [-0.39, 0.29) is 24.3 Å². The lowest BCUT2D eigenvalue weighted by Crippen LogP contribution is -2.24. The molecule has 8 heteroatoms. The van der Waals surface area contributed by atoms with Crippen LogP contribution in [0, 0.1) is 19.7 Å². The summed E-state index contributed by atoms with van der Waals surface area (Å²) in [6, 6.07) is 6.88. The Bertz CT molecular complexity index is 1240. The SMILES string of the molecule is Cc1nc2c(cnn2C(C)C)cc1C(=O)NCc1ccc(-n2ccnc2C)c(F)c1. The standard InChI is InChI=1S/C22H23FN6O/c1-13(2)29-21-17(12-26-29)10-18(14(3)27-21)22(30)25-11-16-5-6-20(19(23)9-16)28-8-7-24-15(28)4/h5-10,12-13H,11H2,1-4H3,(H,25,30). The molecule has 4 aromatic rings. The van der Waals surface area contributed by atoms with Crippen LogP contribution in [0.5, 0.6) is 0 Å². The molecule has 30 heavy (non-hydrogen) atoms. The first kappa shape index (κ1) is 19.8. The van der Waals surface area contributed by atoms with Crippen molar-refractivity contribution in [3.63, 3.8) is 0 Å². The van der Waals surface area contributed by atoms with Gasteiger partial charge in [0, 0.05) is 30.4 Å². The highest BCUT2D eigenvalue weighted by Crippen LogP contribution is 2.20. The molecule has 0 spiro atoms. The van der Waals surface area contributed by atoms with Crippen LogP contribution in [0.15, 0.2) is 42.9 Å². The Kier molecular flexibility index (Phi) is 5.07. The second kappa shape index (κ2) is 7.70. The third-order valence-corrected chi connectivity index (χ3v) is 5.04. The average molecular weight is 406 g/mol. The van der Waals surface area contributed by atoms with Crippen LogP contribution < -0.4 is 5.32 Å². The topological polar surface area (TPSA) is 77.6 Å². The number of nitrogens with zero attached hydrogens (tertiary/aromatic N) is 5. The molecule has 1 amide bonds. The van der Waals surface area contributed by atoms with Crippen LogP contribution in [-0.4, -0.2) is 30.2 Å². The molecule has 0 fully saturated rings. The van der Waals surface area contributed by atoms with Crippen molar-refractivity contribution in [3.8, 4) is 5.69 Å². The minimum Gasteiger partial charge on any atom is -0.348 e. The molecule has 0 radical (unpaired) electrons. The number of amides is 1. The minimum absolute atomic E-state index is 0.179. The maximum absolute atomic E-state index is 14.6. The van der Waals surface area contributed by atoms with Gasteiger partial charge in [0.05, 0.1) is 23.1 Å². The molecule has 0 saturated heterocycles. The number of hydrogen-bond acceptors (Lipinski definition) is 4. The summed E-state index contributed by atoms with van der Waals surface area (Å²) in [7, 11) is 0.